The van der Waals surface area contributed by atoms with Gasteiger partial charge in [-0.1, -0.05) is 29.8 Å². The number of aryl methyl sites for hydroxylation is 1. The molecule has 2 aromatic heterocycles. The van der Waals surface area contributed by atoms with Crippen LogP contribution in [0, 0.1) is 6.92 Å². The minimum atomic E-state index is -3.79. The fraction of sp³-hybridized carbons (Fsp3) is 0.0476. The van der Waals surface area contributed by atoms with Crippen molar-refractivity contribution < 1.29 is 22.4 Å². The molecule has 4 rings (SSSR count). The summed E-state index contributed by atoms with van der Waals surface area (Å²) in [5, 5.41) is 9.96. The molecule has 2 N–H and O–H groups in total. The minimum absolute atomic E-state index is 0.0811. The summed E-state index contributed by atoms with van der Waals surface area (Å²) in [5.74, 6) is 0.0337. The van der Waals surface area contributed by atoms with Crippen LogP contribution < -0.4 is 4.72 Å². The predicted molar refractivity (Wildman–Crippen MR) is 112 cm³/mol. The molecule has 0 fully saturated rings. The van der Waals surface area contributed by atoms with Gasteiger partial charge in [-0.3, -0.25) is 9.71 Å². The van der Waals surface area contributed by atoms with Crippen LogP contribution >= 0.6 is 0 Å². The van der Waals surface area contributed by atoms with Gasteiger partial charge in [0.05, 0.1) is 28.7 Å². The molecule has 0 aliphatic heterocycles. The highest BCUT2D eigenvalue weighted by atomic mass is 32.2. The molecule has 0 unspecified atom stereocenters. The van der Waals surface area contributed by atoms with Gasteiger partial charge in [-0.2, -0.15) is 0 Å². The summed E-state index contributed by atoms with van der Waals surface area (Å²) in [4.78, 5) is 8.53. The molecule has 0 amide bonds. The molecule has 0 radical (unpaired) electrons. The second-order valence-electron chi connectivity index (χ2n) is 6.38. The number of oxazole rings is 1. The molecule has 30 heavy (non-hydrogen) atoms. The Labute approximate surface area is 172 Å². The lowest BCUT2D eigenvalue weighted by Crippen LogP contribution is -2.13. The molecule has 2 heterocycles. The maximum atomic E-state index is 12.7. The van der Waals surface area contributed by atoms with Gasteiger partial charge in [-0.15, -0.1) is 0 Å². The van der Waals surface area contributed by atoms with E-state index in [4.69, 9.17) is 8.83 Å². The van der Waals surface area contributed by atoms with Crippen molar-refractivity contribution in [3.05, 3.63) is 78.2 Å². The summed E-state index contributed by atoms with van der Waals surface area (Å²) in [6, 6.07) is 16.5. The van der Waals surface area contributed by atoms with Crippen LogP contribution in [0.25, 0.3) is 11.7 Å². The first-order valence-electron chi connectivity index (χ1n) is 8.89. The van der Waals surface area contributed by atoms with Crippen LogP contribution in [0.1, 0.15) is 11.3 Å². The summed E-state index contributed by atoms with van der Waals surface area (Å²) in [7, 11) is -3.79. The molecule has 9 heteroatoms. The van der Waals surface area contributed by atoms with Crippen molar-refractivity contribution in [1.82, 2.24) is 4.98 Å². The Bertz CT molecular complexity index is 1290. The van der Waals surface area contributed by atoms with E-state index in [0.29, 0.717) is 11.4 Å². The third-order valence-corrected chi connectivity index (χ3v) is 5.55. The molecule has 0 atom stereocenters. The Kier molecular flexibility index (Phi) is 5.11. The zero-order valence-electron chi connectivity index (χ0n) is 15.8. The number of furan rings is 1. The highest BCUT2D eigenvalue weighted by Crippen LogP contribution is 2.29. The van der Waals surface area contributed by atoms with Crippen LogP contribution in [0.2, 0.25) is 0 Å². The average molecular weight is 423 g/mol. The molecule has 0 saturated carbocycles. The fourth-order valence-corrected chi connectivity index (χ4v) is 3.71. The summed E-state index contributed by atoms with van der Waals surface area (Å²) in [5.41, 5.74) is 1.66. The number of hydrogen-bond donors (Lipinski definition) is 2. The fourth-order valence-electron chi connectivity index (χ4n) is 2.64. The lowest BCUT2D eigenvalue weighted by Gasteiger charge is -2.10. The molecule has 152 valence electrons. The second-order valence-corrected chi connectivity index (χ2v) is 8.06. The normalized spacial score (nSPS) is 11.8. The van der Waals surface area contributed by atoms with Gasteiger partial charge in [-0.25, -0.2) is 13.4 Å². The standard InChI is InChI=1S/C21H17N3O5S/c1-14-8-10-15(11-9-14)30(26,27)24-17-6-3-2-5-16(17)22-13-18-21(25)29-20(23-18)19-7-4-12-28-19/h2-13,24-25H,1H3. The van der Waals surface area contributed by atoms with Crippen molar-refractivity contribution in [2.24, 2.45) is 4.99 Å². The number of aromatic hydroxyl groups is 1. The first-order valence-corrected chi connectivity index (χ1v) is 10.4. The number of nitrogens with zero attached hydrogens (tertiary/aromatic N) is 2. The number of para-hydroxylation sites is 2. The Morgan fingerprint density at radius 2 is 1.83 bits per heavy atom. The summed E-state index contributed by atoms with van der Waals surface area (Å²) >= 11 is 0. The molecule has 0 aliphatic rings. The predicted octanol–water partition coefficient (Wildman–Crippen LogP) is 4.50. The highest BCUT2D eigenvalue weighted by Gasteiger charge is 2.17. The number of benzene rings is 2. The molecule has 0 saturated heterocycles. The van der Waals surface area contributed by atoms with Gasteiger partial charge in [0.2, 0.25) is 0 Å². The lowest BCUT2D eigenvalue weighted by molar-refractivity contribution is 0.333. The Balaban J connectivity index is 1.60. The number of aromatic nitrogens is 1. The number of nitrogens with one attached hydrogen (secondary N) is 1. The van der Waals surface area contributed by atoms with Crippen molar-refractivity contribution in [2.75, 3.05) is 4.72 Å². The third kappa shape index (κ3) is 4.11. The molecule has 0 bridgehead atoms. The van der Waals surface area contributed by atoms with Crippen molar-refractivity contribution >= 4 is 27.6 Å². The highest BCUT2D eigenvalue weighted by molar-refractivity contribution is 7.92. The van der Waals surface area contributed by atoms with E-state index in [1.807, 2.05) is 6.92 Å². The van der Waals surface area contributed by atoms with Crippen LogP contribution in [0.3, 0.4) is 0 Å². The number of aliphatic imine (C=N–C) groups is 1. The Morgan fingerprint density at radius 3 is 2.57 bits per heavy atom. The number of anilines is 1. The SMILES string of the molecule is Cc1ccc(S(=O)(=O)Nc2ccccc2N=Cc2nc(-c3ccco3)oc2O)cc1. The zero-order valence-corrected chi connectivity index (χ0v) is 16.6. The van der Waals surface area contributed by atoms with E-state index in [1.54, 1.807) is 48.5 Å². The Morgan fingerprint density at radius 1 is 1.07 bits per heavy atom. The topological polar surface area (TPSA) is 118 Å². The van der Waals surface area contributed by atoms with E-state index >= 15 is 0 Å². The van der Waals surface area contributed by atoms with Gasteiger partial charge >= 0.3 is 5.95 Å². The largest absolute Gasteiger partial charge is 0.479 e. The van der Waals surface area contributed by atoms with Crippen LogP contribution in [-0.4, -0.2) is 24.7 Å². The van der Waals surface area contributed by atoms with E-state index in [0.717, 1.165) is 5.56 Å². The smallest absolute Gasteiger partial charge is 0.312 e. The molecular formula is C21H17N3O5S. The van der Waals surface area contributed by atoms with Crippen molar-refractivity contribution in [3.63, 3.8) is 0 Å². The molecule has 2 aromatic carbocycles. The van der Waals surface area contributed by atoms with Gasteiger partial charge < -0.3 is 13.9 Å². The van der Waals surface area contributed by atoms with Gasteiger partial charge in [0.15, 0.2) is 11.5 Å². The maximum absolute atomic E-state index is 12.7. The number of rotatable bonds is 6. The van der Waals surface area contributed by atoms with E-state index in [2.05, 4.69) is 14.7 Å². The van der Waals surface area contributed by atoms with E-state index in [-0.39, 0.29) is 22.2 Å². The molecule has 0 spiro atoms. The average Bonchev–Trinajstić information content (AvgIpc) is 3.37. The summed E-state index contributed by atoms with van der Waals surface area (Å²) < 4.78 is 38.3. The molecule has 8 nitrogen and oxygen atoms in total. The number of hydrogen-bond acceptors (Lipinski definition) is 7. The maximum Gasteiger partial charge on any atom is 0.312 e. The van der Waals surface area contributed by atoms with Crippen LogP contribution in [0.4, 0.5) is 11.4 Å². The monoisotopic (exact) mass is 423 g/mol. The number of sulfonamides is 1. The second kappa shape index (κ2) is 7.88. The first-order chi connectivity index (χ1) is 14.4. The lowest BCUT2D eigenvalue weighted by atomic mass is 10.2. The van der Waals surface area contributed by atoms with Crippen LogP contribution in [0.15, 0.2) is 85.6 Å². The van der Waals surface area contributed by atoms with Crippen LogP contribution in [-0.2, 0) is 10.0 Å². The summed E-state index contributed by atoms with van der Waals surface area (Å²) in [6.45, 7) is 1.88. The first kappa shape index (κ1) is 19.5. The summed E-state index contributed by atoms with van der Waals surface area (Å²) in [6.07, 6.45) is 2.74. The van der Waals surface area contributed by atoms with E-state index in [9.17, 15) is 13.5 Å². The van der Waals surface area contributed by atoms with Gasteiger partial charge in [-0.05, 0) is 43.3 Å². The quantitative estimate of drug-likeness (QED) is 0.441. The van der Waals surface area contributed by atoms with Crippen molar-refractivity contribution in [1.29, 1.82) is 0 Å². The molecule has 4 aromatic rings. The molecular weight excluding hydrogens is 406 g/mol. The minimum Gasteiger partial charge on any atom is -0.479 e. The van der Waals surface area contributed by atoms with Crippen molar-refractivity contribution in [2.45, 2.75) is 11.8 Å². The van der Waals surface area contributed by atoms with E-state index in [1.165, 1.54) is 24.6 Å². The van der Waals surface area contributed by atoms with E-state index < -0.39 is 16.0 Å². The molecule has 0 aliphatic carbocycles. The van der Waals surface area contributed by atoms with Gasteiger partial charge in [0, 0.05) is 0 Å². The third-order valence-electron chi connectivity index (χ3n) is 4.17. The Hall–Kier alpha value is -3.85. The van der Waals surface area contributed by atoms with Gasteiger partial charge in [0.1, 0.15) is 0 Å². The van der Waals surface area contributed by atoms with Crippen LogP contribution in [0.5, 0.6) is 5.95 Å². The van der Waals surface area contributed by atoms with Crippen molar-refractivity contribution in [3.8, 4) is 17.6 Å². The van der Waals surface area contributed by atoms with Gasteiger partial charge in [0.25, 0.3) is 15.9 Å². The zero-order chi connectivity index (χ0) is 21.1.